The van der Waals surface area contributed by atoms with Crippen LogP contribution in [-0.2, 0) is 11.3 Å². The first-order valence-electron chi connectivity index (χ1n) is 5.73. The highest BCUT2D eigenvalue weighted by Crippen LogP contribution is 2.29. The minimum absolute atomic E-state index is 0.0705. The van der Waals surface area contributed by atoms with Crippen LogP contribution in [-0.4, -0.2) is 29.4 Å². The maximum absolute atomic E-state index is 11.9. The summed E-state index contributed by atoms with van der Waals surface area (Å²) >= 11 is 5.67. The van der Waals surface area contributed by atoms with Gasteiger partial charge < -0.3 is 9.47 Å². The lowest BCUT2D eigenvalue weighted by atomic mass is 10.4. The zero-order valence-electron chi connectivity index (χ0n) is 9.91. The fourth-order valence-corrected chi connectivity index (χ4v) is 1.54. The molecule has 1 fully saturated rings. The zero-order chi connectivity index (χ0) is 13.9. The molecular formula is C11H12ClF3N2O2. The SMILES string of the molecule is FC(F)(F)COCc1cc(OCC2CC2)nc(Cl)n1. The zero-order valence-corrected chi connectivity index (χ0v) is 10.7. The summed E-state index contributed by atoms with van der Waals surface area (Å²) in [5, 5.41) is -0.0705. The van der Waals surface area contributed by atoms with Crippen LogP contribution in [0.1, 0.15) is 18.5 Å². The molecule has 1 aromatic rings. The Balaban J connectivity index is 1.87. The second-order valence-corrected chi connectivity index (χ2v) is 4.67. The van der Waals surface area contributed by atoms with Crippen molar-refractivity contribution in [1.29, 1.82) is 0 Å². The summed E-state index contributed by atoms with van der Waals surface area (Å²) in [5.74, 6) is 0.802. The van der Waals surface area contributed by atoms with Gasteiger partial charge in [-0.2, -0.15) is 18.2 Å². The van der Waals surface area contributed by atoms with Crippen molar-refractivity contribution in [2.24, 2.45) is 5.92 Å². The van der Waals surface area contributed by atoms with Gasteiger partial charge in [0.05, 0.1) is 18.9 Å². The molecule has 2 rings (SSSR count). The van der Waals surface area contributed by atoms with Crippen LogP contribution in [0, 0.1) is 5.92 Å². The number of rotatable bonds is 6. The topological polar surface area (TPSA) is 44.2 Å². The van der Waals surface area contributed by atoms with Gasteiger partial charge in [0.25, 0.3) is 0 Å². The number of ether oxygens (including phenoxy) is 2. The van der Waals surface area contributed by atoms with Gasteiger partial charge in [0.2, 0.25) is 11.2 Å². The van der Waals surface area contributed by atoms with Crippen LogP contribution in [0.25, 0.3) is 0 Å². The number of hydrogen-bond donors (Lipinski definition) is 0. The van der Waals surface area contributed by atoms with E-state index < -0.39 is 12.8 Å². The summed E-state index contributed by atoms with van der Waals surface area (Å²) in [5.41, 5.74) is 0.259. The Bertz CT molecular complexity index is 438. The number of alkyl halides is 3. The molecule has 0 atom stereocenters. The van der Waals surface area contributed by atoms with Gasteiger partial charge in [0.15, 0.2) is 0 Å². The molecule has 0 spiro atoms. The standard InChI is InChI=1S/C11H12ClF3N2O2/c12-10-16-8(5-18-6-11(13,14)15)3-9(17-10)19-4-7-1-2-7/h3,7H,1-2,4-6H2. The van der Waals surface area contributed by atoms with E-state index in [0.717, 1.165) is 12.8 Å². The monoisotopic (exact) mass is 296 g/mol. The Morgan fingerprint density at radius 2 is 2.05 bits per heavy atom. The lowest BCUT2D eigenvalue weighted by Gasteiger charge is -2.09. The largest absolute Gasteiger partial charge is 0.477 e. The Hall–Kier alpha value is -1.08. The van der Waals surface area contributed by atoms with Crippen molar-refractivity contribution < 1.29 is 22.6 Å². The molecule has 8 heteroatoms. The lowest BCUT2D eigenvalue weighted by molar-refractivity contribution is -0.176. The second-order valence-electron chi connectivity index (χ2n) is 4.33. The molecule has 0 aliphatic heterocycles. The highest BCUT2D eigenvalue weighted by atomic mass is 35.5. The number of nitrogens with zero attached hydrogens (tertiary/aromatic N) is 2. The van der Waals surface area contributed by atoms with Crippen molar-refractivity contribution >= 4 is 11.6 Å². The normalized spacial score (nSPS) is 15.6. The molecule has 0 aromatic carbocycles. The van der Waals surface area contributed by atoms with Crippen LogP contribution < -0.4 is 4.74 Å². The molecule has 106 valence electrons. The summed E-state index contributed by atoms with van der Waals surface area (Å²) in [4.78, 5) is 7.62. The minimum atomic E-state index is -4.36. The van der Waals surface area contributed by atoms with E-state index in [1.165, 1.54) is 6.07 Å². The van der Waals surface area contributed by atoms with Crippen LogP contribution in [0.2, 0.25) is 5.28 Å². The molecule has 1 aliphatic carbocycles. The minimum Gasteiger partial charge on any atom is -0.477 e. The number of halogens is 4. The lowest BCUT2D eigenvalue weighted by Crippen LogP contribution is -2.17. The van der Waals surface area contributed by atoms with Crippen molar-refractivity contribution in [2.45, 2.75) is 25.6 Å². The van der Waals surface area contributed by atoms with E-state index in [0.29, 0.717) is 12.5 Å². The molecule has 0 radical (unpaired) electrons. The average molecular weight is 297 g/mol. The first-order valence-corrected chi connectivity index (χ1v) is 6.11. The third-order valence-corrected chi connectivity index (χ3v) is 2.58. The summed E-state index contributed by atoms with van der Waals surface area (Å²) in [7, 11) is 0. The van der Waals surface area contributed by atoms with Crippen molar-refractivity contribution in [1.82, 2.24) is 9.97 Å². The van der Waals surface area contributed by atoms with Crippen LogP contribution >= 0.6 is 11.6 Å². The maximum atomic E-state index is 11.9. The number of aromatic nitrogens is 2. The molecule has 0 saturated heterocycles. The molecule has 4 nitrogen and oxygen atoms in total. The predicted molar refractivity (Wildman–Crippen MR) is 61.0 cm³/mol. The molecule has 1 aromatic heterocycles. The van der Waals surface area contributed by atoms with E-state index in [1.54, 1.807) is 0 Å². The molecule has 19 heavy (non-hydrogen) atoms. The van der Waals surface area contributed by atoms with Crippen LogP contribution in [0.4, 0.5) is 13.2 Å². The van der Waals surface area contributed by atoms with E-state index >= 15 is 0 Å². The van der Waals surface area contributed by atoms with E-state index in [-0.39, 0.29) is 23.5 Å². The maximum Gasteiger partial charge on any atom is 0.411 e. The van der Waals surface area contributed by atoms with Crippen LogP contribution in [0.5, 0.6) is 5.88 Å². The van der Waals surface area contributed by atoms with Gasteiger partial charge in [-0.3, -0.25) is 0 Å². The Labute approximate surface area is 112 Å². The molecule has 1 saturated carbocycles. The van der Waals surface area contributed by atoms with E-state index in [9.17, 15) is 13.2 Å². The van der Waals surface area contributed by atoms with E-state index in [2.05, 4.69) is 14.7 Å². The third-order valence-electron chi connectivity index (χ3n) is 2.41. The van der Waals surface area contributed by atoms with E-state index in [1.807, 2.05) is 0 Å². The average Bonchev–Trinajstić information content (AvgIpc) is 3.07. The molecule has 0 N–H and O–H groups in total. The number of hydrogen-bond acceptors (Lipinski definition) is 4. The molecule has 1 heterocycles. The fraction of sp³-hybridized carbons (Fsp3) is 0.636. The van der Waals surface area contributed by atoms with Gasteiger partial charge in [0.1, 0.15) is 6.61 Å². The fourth-order valence-electron chi connectivity index (χ4n) is 1.35. The third kappa shape index (κ3) is 5.61. The van der Waals surface area contributed by atoms with Crippen molar-refractivity contribution in [2.75, 3.05) is 13.2 Å². The molecule has 1 aliphatic rings. The molecule has 0 amide bonds. The van der Waals surface area contributed by atoms with Gasteiger partial charge >= 0.3 is 6.18 Å². The van der Waals surface area contributed by atoms with Gasteiger partial charge in [0, 0.05) is 6.07 Å². The summed E-state index contributed by atoms with van der Waals surface area (Å²) in [6, 6.07) is 1.44. The smallest absolute Gasteiger partial charge is 0.411 e. The Kier molecular flexibility index (Phi) is 4.46. The van der Waals surface area contributed by atoms with Gasteiger partial charge in [-0.1, -0.05) is 0 Å². The van der Waals surface area contributed by atoms with Gasteiger partial charge in [-0.05, 0) is 30.4 Å². The second kappa shape index (κ2) is 5.92. The van der Waals surface area contributed by atoms with Crippen molar-refractivity contribution in [3.8, 4) is 5.88 Å². The first-order chi connectivity index (χ1) is 8.92. The van der Waals surface area contributed by atoms with E-state index in [4.69, 9.17) is 16.3 Å². The summed E-state index contributed by atoms with van der Waals surface area (Å²) in [6.07, 6.45) is -2.11. The highest BCUT2D eigenvalue weighted by Gasteiger charge is 2.27. The first kappa shape index (κ1) is 14.3. The molecule has 0 unspecified atom stereocenters. The van der Waals surface area contributed by atoms with Gasteiger partial charge in [-0.25, -0.2) is 4.98 Å². The van der Waals surface area contributed by atoms with Gasteiger partial charge in [-0.15, -0.1) is 0 Å². The molecule has 0 bridgehead atoms. The molecular weight excluding hydrogens is 285 g/mol. The Morgan fingerprint density at radius 1 is 1.32 bits per heavy atom. The summed E-state index contributed by atoms with van der Waals surface area (Å²) < 4.78 is 45.7. The van der Waals surface area contributed by atoms with Crippen molar-refractivity contribution in [3.05, 3.63) is 17.0 Å². The summed E-state index contributed by atoms with van der Waals surface area (Å²) in [6.45, 7) is -1.08. The highest BCUT2D eigenvalue weighted by molar-refractivity contribution is 6.28. The quantitative estimate of drug-likeness (QED) is 0.757. The predicted octanol–water partition coefficient (Wildman–Crippen LogP) is 3.00. The van der Waals surface area contributed by atoms with Crippen LogP contribution in [0.15, 0.2) is 6.07 Å². The Morgan fingerprint density at radius 3 is 2.68 bits per heavy atom. The van der Waals surface area contributed by atoms with Crippen LogP contribution in [0.3, 0.4) is 0 Å². The van der Waals surface area contributed by atoms with Crippen molar-refractivity contribution in [3.63, 3.8) is 0 Å².